The van der Waals surface area contributed by atoms with Crippen molar-refractivity contribution in [3.8, 4) is 0 Å². The molecule has 0 amide bonds. The Hall–Kier alpha value is -1.68. The average Bonchev–Trinajstić information content (AvgIpc) is 2.56. The first-order chi connectivity index (χ1) is 7.89. The van der Waals surface area contributed by atoms with Crippen molar-refractivity contribution in [2.75, 3.05) is 0 Å². The molecule has 1 heterocycles. The lowest BCUT2D eigenvalue weighted by atomic mass is 9.96. The van der Waals surface area contributed by atoms with Crippen molar-refractivity contribution in [1.82, 2.24) is 9.78 Å². The van der Waals surface area contributed by atoms with Crippen LogP contribution in [0.25, 0.3) is 10.9 Å². The number of aromatic nitrogens is 2. The van der Waals surface area contributed by atoms with Gasteiger partial charge in [0.05, 0.1) is 23.2 Å². The first kappa shape index (κ1) is 11.8. The van der Waals surface area contributed by atoms with Crippen LogP contribution in [-0.2, 0) is 18.3 Å². The SMILES string of the molecule is Cn1nc(CC(=O)C(C)(C)N)c2ccccc21. The molecule has 4 nitrogen and oxygen atoms in total. The Morgan fingerprint density at radius 2 is 2.06 bits per heavy atom. The smallest absolute Gasteiger partial charge is 0.158 e. The summed E-state index contributed by atoms with van der Waals surface area (Å²) in [4.78, 5) is 11.9. The number of carbonyl (C=O) groups is 1. The van der Waals surface area contributed by atoms with Crippen molar-refractivity contribution in [2.24, 2.45) is 12.8 Å². The van der Waals surface area contributed by atoms with Crippen LogP contribution in [0.15, 0.2) is 24.3 Å². The van der Waals surface area contributed by atoms with Gasteiger partial charge in [0, 0.05) is 12.4 Å². The maximum absolute atomic E-state index is 11.9. The molecular formula is C13H17N3O. The zero-order valence-corrected chi connectivity index (χ0v) is 10.4. The van der Waals surface area contributed by atoms with Gasteiger partial charge in [-0.05, 0) is 19.9 Å². The molecule has 0 saturated heterocycles. The summed E-state index contributed by atoms with van der Waals surface area (Å²) in [6.45, 7) is 3.45. The molecule has 0 spiro atoms. The van der Waals surface area contributed by atoms with Crippen LogP contribution in [0, 0.1) is 0 Å². The van der Waals surface area contributed by atoms with Crippen molar-refractivity contribution in [2.45, 2.75) is 25.8 Å². The molecule has 0 atom stereocenters. The molecule has 2 rings (SSSR count). The van der Waals surface area contributed by atoms with Gasteiger partial charge in [0.25, 0.3) is 0 Å². The summed E-state index contributed by atoms with van der Waals surface area (Å²) >= 11 is 0. The van der Waals surface area contributed by atoms with Crippen molar-refractivity contribution in [1.29, 1.82) is 0 Å². The number of hydrogen-bond donors (Lipinski definition) is 1. The number of aryl methyl sites for hydroxylation is 1. The lowest BCUT2D eigenvalue weighted by Crippen LogP contribution is -2.42. The van der Waals surface area contributed by atoms with Crippen molar-refractivity contribution in [3.05, 3.63) is 30.0 Å². The van der Waals surface area contributed by atoms with Gasteiger partial charge in [-0.2, -0.15) is 5.10 Å². The predicted molar refractivity (Wildman–Crippen MR) is 67.7 cm³/mol. The highest BCUT2D eigenvalue weighted by molar-refractivity contribution is 5.93. The molecular weight excluding hydrogens is 214 g/mol. The van der Waals surface area contributed by atoms with Gasteiger partial charge in [-0.25, -0.2) is 0 Å². The summed E-state index contributed by atoms with van der Waals surface area (Å²) in [6.07, 6.45) is 0.283. The Balaban J connectivity index is 2.41. The molecule has 0 bridgehead atoms. The fraction of sp³-hybridized carbons (Fsp3) is 0.385. The van der Waals surface area contributed by atoms with Crippen LogP contribution in [0.4, 0.5) is 0 Å². The number of ketones is 1. The standard InChI is InChI=1S/C13H17N3O/c1-13(2,14)12(17)8-10-9-6-4-5-7-11(9)16(3)15-10/h4-7H,8,14H2,1-3H3. The molecule has 17 heavy (non-hydrogen) atoms. The van der Waals surface area contributed by atoms with E-state index in [1.54, 1.807) is 18.5 Å². The summed E-state index contributed by atoms with van der Waals surface area (Å²) in [5, 5.41) is 5.40. The van der Waals surface area contributed by atoms with E-state index in [0.29, 0.717) is 0 Å². The van der Waals surface area contributed by atoms with E-state index in [4.69, 9.17) is 5.73 Å². The van der Waals surface area contributed by atoms with Crippen LogP contribution in [0.3, 0.4) is 0 Å². The highest BCUT2D eigenvalue weighted by atomic mass is 16.1. The lowest BCUT2D eigenvalue weighted by Gasteiger charge is -2.15. The van der Waals surface area contributed by atoms with E-state index in [-0.39, 0.29) is 12.2 Å². The largest absolute Gasteiger partial charge is 0.319 e. The van der Waals surface area contributed by atoms with Gasteiger partial charge in [0.2, 0.25) is 0 Å². The third kappa shape index (κ3) is 2.22. The van der Waals surface area contributed by atoms with Gasteiger partial charge >= 0.3 is 0 Å². The minimum atomic E-state index is -0.807. The molecule has 2 N–H and O–H groups in total. The van der Waals surface area contributed by atoms with Crippen LogP contribution in [0.2, 0.25) is 0 Å². The first-order valence-electron chi connectivity index (χ1n) is 5.62. The predicted octanol–water partition coefficient (Wildman–Crippen LogP) is 1.42. The molecule has 0 unspecified atom stereocenters. The van der Waals surface area contributed by atoms with Crippen molar-refractivity contribution < 1.29 is 4.79 Å². The van der Waals surface area contributed by atoms with Gasteiger partial charge in [0.15, 0.2) is 5.78 Å². The lowest BCUT2D eigenvalue weighted by molar-refractivity contribution is -0.122. The number of Topliss-reactive ketones (excluding diaryl/α,β-unsaturated/α-hetero) is 1. The Morgan fingerprint density at radius 1 is 1.41 bits per heavy atom. The normalized spacial score (nSPS) is 12.0. The van der Waals surface area contributed by atoms with E-state index in [0.717, 1.165) is 16.6 Å². The van der Waals surface area contributed by atoms with Crippen molar-refractivity contribution in [3.63, 3.8) is 0 Å². The Bertz CT molecular complexity index is 564. The van der Waals surface area contributed by atoms with E-state index >= 15 is 0 Å². The third-order valence-corrected chi connectivity index (χ3v) is 2.88. The molecule has 0 aliphatic heterocycles. The van der Waals surface area contributed by atoms with Gasteiger partial charge in [-0.15, -0.1) is 0 Å². The monoisotopic (exact) mass is 231 g/mol. The number of rotatable bonds is 3. The van der Waals surface area contributed by atoms with Gasteiger partial charge in [-0.3, -0.25) is 9.48 Å². The second-order valence-electron chi connectivity index (χ2n) is 4.91. The summed E-state index contributed by atoms with van der Waals surface area (Å²) in [5.74, 6) is 0.00125. The van der Waals surface area contributed by atoms with Crippen molar-refractivity contribution >= 4 is 16.7 Å². The first-order valence-corrected chi connectivity index (χ1v) is 5.62. The second kappa shape index (κ2) is 3.96. The Kier molecular flexibility index (Phi) is 2.75. The fourth-order valence-corrected chi connectivity index (χ4v) is 1.80. The maximum Gasteiger partial charge on any atom is 0.158 e. The molecule has 2 aromatic rings. The molecule has 0 radical (unpaired) electrons. The summed E-state index contributed by atoms with van der Waals surface area (Å²) < 4.78 is 1.79. The molecule has 0 aliphatic carbocycles. The number of para-hydroxylation sites is 1. The van der Waals surface area contributed by atoms with E-state index in [2.05, 4.69) is 5.10 Å². The van der Waals surface area contributed by atoms with E-state index in [1.807, 2.05) is 31.3 Å². The second-order valence-corrected chi connectivity index (χ2v) is 4.91. The summed E-state index contributed by atoms with van der Waals surface area (Å²) in [6, 6.07) is 7.88. The zero-order chi connectivity index (χ0) is 12.6. The number of fused-ring (bicyclic) bond motifs is 1. The highest BCUT2D eigenvalue weighted by Gasteiger charge is 2.23. The molecule has 4 heteroatoms. The Labute approximate surface area is 100 Å². The fourth-order valence-electron chi connectivity index (χ4n) is 1.80. The van der Waals surface area contributed by atoms with Gasteiger partial charge < -0.3 is 5.73 Å². The Morgan fingerprint density at radius 3 is 2.71 bits per heavy atom. The van der Waals surface area contributed by atoms with Crippen LogP contribution >= 0.6 is 0 Å². The number of hydrogen-bond acceptors (Lipinski definition) is 3. The number of carbonyl (C=O) groups excluding carboxylic acids is 1. The molecule has 0 saturated carbocycles. The molecule has 1 aromatic heterocycles. The molecule has 0 aliphatic rings. The topological polar surface area (TPSA) is 60.9 Å². The molecule has 1 aromatic carbocycles. The summed E-state index contributed by atoms with van der Waals surface area (Å²) in [5.41, 5.74) is 6.82. The summed E-state index contributed by atoms with van der Waals surface area (Å²) in [7, 11) is 1.88. The zero-order valence-electron chi connectivity index (χ0n) is 10.4. The molecule has 90 valence electrons. The van der Waals surface area contributed by atoms with Gasteiger partial charge in [-0.1, -0.05) is 18.2 Å². The average molecular weight is 231 g/mol. The number of benzene rings is 1. The maximum atomic E-state index is 11.9. The minimum absolute atomic E-state index is 0.00125. The van der Waals surface area contributed by atoms with E-state index in [1.165, 1.54) is 0 Å². The van der Waals surface area contributed by atoms with Crippen LogP contribution in [0.1, 0.15) is 19.5 Å². The van der Waals surface area contributed by atoms with Crippen LogP contribution in [-0.4, -0.2) is 21.1 Å². The van der Waals surface area contributed by atoms with E-state index < -0.39 is 5.54 Å². The number of nitrogens with zero attached hydrogens (tertiary/aromatic N) is 2. The minimum Gasteiger partial charge on any atom is -0.319 e. The number of nitrogens with two attached hydrogens (primary N) is 1. The van der Waals surface area contributed by atoms with Crippen LogP contribution in [0.5, 0.6) is 0 Å². The quantitative estimate of drug-likeness (QED) is 0.869. The highest BCUT2D eigenvalue weighted by Crippen LogP contribution is 2.19. The van der Waals surface area contributed by atoms with Gasteiger partial charge in [0.1, 0.15) is 0 Å². The third-order valence-electron chi connectivity index (χ3n) is 2.88. The van der Waals surface area contributed by atoms with Crippen LogP contribution < -0.4 is 5.73 Å². The molecule has 0 fully saturated rings. The van der Waals surface area contributed by atoms with E-state index in [9.17, 15) is 4.79 Å².